The van der Waals surface area contributed by atoms with Crippen molar-refractivity contribution < 1.29 is 4.42 Å². The molecule has 0 saturated carbocycles. The van der Waals surface area contributed by atoms with Crippen molar-refractivity contribution in [2.75, 3.05) is 0 Å². The molecule has 0 radical (unpaired) electrons. The third-order valence-electron chi connectivity index (χ3n) is 2.09. The fraction of sp³-hybridized carbons (Fsp3) is 0.111. The van der Waals surface area contributed by atoms with Crippen LogP contribution in [-0.4, -0.2) is 14.8 Å². The summed E-state index contributed by atoms with van der Waals surface area (Å²) in [5, 5.41) is 7.90. The van der Waals surface area contributed by atoms with Crippen molar-refractivity contribution in [1.82, 2.24) is 14.8 Å². The maximum Gasteiger partial charge on any atom is 0.246 e. The van der Waals surface area contributed by atoms with E-state index in [1.807, 2.05) is 31.2 Å². The molecule has 0 atom stereocenters. The van der Waals surface area contributed by atoms with Crippen LogP contribution in [0.25, 0.3) is 16.8 Å². The van der Waals surface area contributed by atoms with Crippen molar-refractivity contribution in [3.05, 3.63) is 30.0 Å². The minimum Gasteiger partial charge on any atom is -0.435 e. The van der Waals surface area contributed by atoms with Gasteiger partial charge in [0.2, 0.25) is 5.71 Å². The third-order valence-corrected chi connectivity index (χ3v) is 2.09. The van der Waals surface area contributed by atoms with Gasteiger partial charge in [-0.15, -0.1) is 5.10 Å². The lowest BCUT2D eigenvalue weighted by molar-refractivity contribution is 0.649. The molecule has 2 aromatic heterocycles. The molecule has 0 aliphatic carbocycles. The Balaban J connectivity index is 2.64. The summed E-state index contributed by atoms with van der Waals surface area (Å²) in [7, 11) is 0. The van der Waals surface area contributed by atoms with Crippen molar-refractivity contribution >= 4 is 16.8 Å². The number of aromatic nitrogens is 3. The fourth-order valence-corrected chi connectivity index (χ4v) is 1.45. The first kappa shape index (κ1) is 6.65. The molecule has 0 unspecified atom stereocenters. The van der Waals surface area contributed by atoms with Gasteiger partial charge in [-0.1, -0.05) is 17.3 Å². The first-order valence-electron chi connectivity index (χ1n) is 4.06. The van der Waals surface area contributed by atoms with E-state index >= 15 is 0 Å². The fourth-order valence-electron chi connectivity index (χ4n) is 1.45. The van der Waals surface area contributed by atoms with Gasteiger partial charge in [-0.25, -0.2) is 0 Å². The van der Waals surface area contributed by atoms with Gasteiger partial charge in [0, 0.05) is 0 Å². The van der Waals surface area contributed by atoms with Gasteiger partial charge >= 0.3 is 0 Å². The highest BCUT2D eigenvalue weighted by Gasteiger charge is 2.09. The number of hydrogen-bond acceptors (Lipinski definition) is 3. The normalized spacial score (nSPS) is 11.5. The second kappa shape index (κ2) is 2.10. The largest absolute Gasteiger partial charge is 0.435 e. The summed E-state index contributed by atoms with van der Waals surface area (Å²) in [6.45, 7) is 1.88. The Kier molecular flexibility index (Phi) is 1.07. The second-order valence-corrected chi connectivity index (χ2v) is 2.96. The summed E-state index contributed by atoms with van der Waals surface area (Å²) in [5.41, 5.74) is 3.34. The van der Waals surface area contributed by atoms with Crippen LogP contribution in [0.1, 0.15) is 5.69 Å². The number of rotatable bonds is 0. The van der Waals surface area contributed by atoms with Gasteiger partial charge in [0.25, 0.3) is 0 Å². The highest BCUT2D eigenvalue weighted by molar-refractivity contribution is 5.76. The van der Waals surface area contributed by atoms with Crippen LogP contribution in [0, 0.1) is 6.92 Å². The zero-order valence-corrected chi connectivity index (χ0v) is 7.06. The molecule has 0 saturated heterocycles. The Morgan fingerprint density at radius 3 is 3.08 bits per heavy atom. The number of nitrogens with zero attached hydrogens (tertiary/aromatic N) is 3. The molecule has 4 heteroatoms. The Labute approximate surface area is 73.8 Å². The Morgan fingerprint density at radius 2 is 2.15 bits per heavy atom. The van der Waals surface area contributed by atoms with Crippen LogP contribution in [0.4, 0.5) is 0 Å². The SMILES string of the molecule is Cc1nnn2c1oc1ccccc12. The number of aryl methyl sites for hydroxylation is 1. The van der Waals surface area contributed by atoms with Crippen LogP contribution in [0.15, 0.2) is 28.7 Å². The smallest absolute Gasteiger partial charge is 0.246 e. The van der Waals surface area contributed by atoms with Gasteiger partial charge in [-0.05, 0) is 19.1 Å². The van der Waals surface area contributed by atoms with Gasteiger partial charge < -0.3 is 4.42 Å². The summed E-state index contributed by atoms with van der Waals surface area (Å²) < 4.78 is 7.27. The Hall–Kier alpha value is -1.84. The predicted octanol–water partition coefficient (Wildman–Crippen LogP) is 1.78. The van der Waals surface area contributed by atoms with E-state index in [4.69, 9.17) is 4.42 Å². The molecule has 4 nitrogen and oxygen atoms in total. The van der Waals surface area contributed by atoms with Crippen LogP contribution in [0.5, 0.6) is 0 Å². The number of fused-ring (bicyclic) bond motifs is 3. The van der Waals surface area contributed by atoms with Crippen molar-refractivity contribution in [2.45, 2.75) is 6.92 Å². The lowest BCUT2D eigenvalue weighted by Crippen LogP contribution is -1.82. The van der Waals surface area contributed by atoms with E-state index < -0.39 is 0 Å². The summed E-state index contributed by atoms with van der Waals surface area (Å²) >= 11 is 0. The van der Waals surface area contributed by atoms with E-state index in [0.717, 1.165) is 22.5 Å². The average Bonchev–Trinajstić information content (AvgIpc) is 2.67. The highest BCUT2D eigenvalue weighted by Crippen LogP contribution is 2.19. The van der Waals surface area contributed by atoms with E-state index in [1.165, 1.54) is 0 Å². The van der Waals surface area contributed by atoms with Gasteiger partial charge in [0.1, 0.15) is 11.2 Å². The molecule has 0 spiro atoms. The molecule has 3 aromatic rings. The zero-order chi connectivity index (χ0) is 8.84. The molecule has 0 aliphatic rings. The molecule has 3 rings (SSSR count). The van der Waals surface area contributed by atoms with Gasteiger partial charge in [-0.3, -0.25) is 0 Å². The van der Waals surface area contributed by atoms with Crippen LogP contribution < -0.4 is 0 Å². The van der Waals surface area contributed by atoms with Gasteiger partial charge in [0.15, 0.2) is 5.58 Å². The van der Waals surface area contributed by atoms with E-state index in [0.29, 0.717) is 0 Å². The van der Waals surface area contributed by atoms with Crippen molar-refractivity contribution in [3.63, 3.8) is 0 Å². The molecule has 0 aliphatic heterocycles. The number of hydrogen-bond donors (Lipinski definition) is 0. The van der Waals surface area contributed by atoms with Crippen molar-refractivity contribution in [1.29, 1.82) is 0 Å². The van der Waals surface area contributed by atoms with Gasteiger partial charge in [-0.2, -0.15) is 4.52 Å². The monoisotopic (exact) mass is 173 g/mol. The Bertz CT molecular complexity index is 579. The molecular weight excluding hydrogens is 166 g/mol. The van der Waals surface area contributed by atoms with Crippen LogP contribution in [0.3, 0.4) is 0 Å². The quantitative estimate of drug-likeness (QED) is 0.520. The summed E-state index contributed by atoms with van der Waals surface area (Å²) in [6.07, 6.45) is 0. The minimum atomic E-state index is 0.723. The standard InChI is InChI=1S/C9H7N3O/c1-6-9-12(11-10-6)7-4-2-3-5-8(7)13-9/h2-5H,1H3. The molecule has 1 aromatic carbocycles. The van der Waals surface area contributed by atoms with Crippen LogP contribution in [0.2, 0.25) is 0 Å². The number of oxazole rings is 1. The maximum atomic E-state index is 5.56. The molecule has 13 heavy (non-hydrogen) atoms. The highest BCUT2D eigenvalue weighted by atomic mass is 16.3. The van der Waals surface area contributed by atoms with E-state index in [1.54, 1.807) is 4.52 Å². The lowest BCUT2D eigenvalue weighted by atomic mass is 10.3. The number of para-hydroxylation sites is 2. The first-order valence-corrected chi connectivity index (χ1v) is 4.06. The zero-order valence-electron chi connectivity index (χ0n) is 7.06. The summed E-state index contributed by atoms with van der Waals surface area (Å²) in [5.74, 6) is 0. The molecule has 0 bridgehead atoms. The van der Waals surface area contributed by atoms with Crippen molar-refractivity contribution in [3.8, 4) is 0 Å². The van der Waals surface area contributed by atoms with Crippen molar-refractivity contribution in [2.24, 2.45) is 0 Å². The molecular formula is C9H7N3O. The third kappa shape index (κ3) is 0.744. The Morgan fingerprint density at radius 1 is 1.31 bits per heavy atom. The minimum absolute atomic E-state index is 0.723. The topological polar surface area (TPSA) is 43.3 Å². The van der Waals surface area contributed by atoms with Crippen LogP contribution in [-0.2, 0) is 0 Å². The van der Waals surface area contributed by atoms with Gasteiger partial charge in [0.05, 0.1) is 0 Å². The molecule has 0 N–H and O–H groups in total. The molecule has 64 valence electrons. The predicted molar refractivity (Wildman–Crippen MR) is 47.5 cm³/mol. The molecule has 0 fully saturated rings. The average molecular weight is 173 g/mol. The maximum absolute atomic E-state index is 5.56. The molecule has 2 heterocycles. The summed E-state index contributed by atoms with van der Waals surface area (Å²) in [6, 6.07) is 7.77. The number of benzene rings is 1. The van der Waals surface area contributed by atoms with E-state index in [9.17, 15) is 0 Å². The van der Waals surface area contributed by atoms with E-state index in [-0.39, 0.29) is 0 Å². The second-order valence-electron chi connectivity index (χ2n) is 2.96. The van der Waals surface area contributed by atoms with E-state index in [2.05, 4.69) is 10.3 Å². The molecule has 0 amide bonds. The summed E-state index contributed by atoms with van der Waals surface area (Å²) in [4.78, 5) is 0. The van der Waals surface area contributed by atoms with Crippen LogP contribution >= 0.6 is 0 Å². The first-order chi connectivity index (χ1) is 6.36. The lowest BCUT2D eigenvalue weighted by Gasteiger charge is -1.83.